The fourth-order valence-corrected chi connectivity index (χ4v) is 3.43. The first-order chi connectivity index (χ1) is 11.0. The van der Waals surface area contributed by atoms with E-state index in [-0.39, 0.29) is 5.82 Å². The van der Waals surface area contributed by atoms with E-state index in [1.807, 2.05) is 41.9 Å². The van der Waals surface area contributed by atoms with Gasteiger partial charge in [-0.3, -0.25) is 0 Å². The summed E-state index contributed by atoms with van der Waals surface area (Å²) >= 11 is 10.6. The van der Waals surface area contributed by atoms with Crippen LogP contribution in [-0.2, 0) is 12.8 Å². The van der Waals surface area contributed by atoms with Crippen molar-refractivity contribution in [2.24, 2.45) is 7.05 Å². The van der Waals surface area contributed by atoms with E-state index in [2.05, 4.69) is 26.1 Å². The lowest BCUT2D eigenvalue weighted by atomic mass is 10.2. The second-order valence-corrected chi connectivity index (χ2v) is 7.19. The Morgan fingerprint density at radius 3 is 2.61 bits per heavy atom. The highest BCUT2D eigenvalue weighted by atomic mass is 79.9. The lowest BCUT2D eigenvalue weighted by molar-refractivity contribution is 0.616. The zero-order chi connectivity index (χ0) is 16.4. The van der Waals surface area contributed by atoms with Crippen LogP contribution in [0.2, 0.25) is 5.02 Å². The molecule has 0 amide bonds. The van der Waals surface area contributed by atoms with Gasteiger partial charge in [-0.25, -0.2) is 4.39 Å². The van der Waals surface area contributed by atoms with Gasteiger partial charge in [0.05, 0.1) is 0 Å². The molecule has 3 aromatic rings. The van der Waals surface area contributed by atoms with E-state index < -0.39 is 0 Å². The summed E-state index contributed by atoms with van der Waals surface area (Å²) < 4.78 is 16.5. The van der Waals surface area contributed by atoms with Crippen LogP contribution < -0.4 is 0 Å². The molecule has 3 rings (SSSR count). The Balaban J connectivity index is 1.78. The van der Waals surface area contributed by atoms with Gasteiger partial charge in [0.15, 0.2) is 11.0 Å². The Hall–Kier alpha value is -1.37. The molecule has 0 bridgehead atoms. The van der Waals surface area contributed by atoms with Crippen molar-refractivity contribution < 1.29 is 4.39 Å². The lowest BCUT2D eigenvalue weighted by Crippen LogP contribution is -1.95. The Morgan fingerprint density at radius 2 is 1.91 bits per heavy atom. The average molecular weight is 413 g/mol. The van der Waals surface area contributed by atoms with Crippen LogP contribution in [0.4, 0.5) is 4.39 Å². The van der Waals surface area contributed by atoms with E-state index in [1.54, 1.807) is 6.07 Å². The van der Waals surface area contributed by atoms with Gasteiger partial charge in [0.1, 0.15) is 5.82 Å². The molecule has 118 valence electrons. The van der Waals surface area contributed by atoms with E-state index in [4.69, 9.17) is 11.6 Å². The van der Waals surface area contributed by atoms with Crippen LogP contribution in [0.1, 0.15) is 5.56 Å². The largest absolute Gasteiger partial charge is 0.305 e. The van der Waals surface area contributed by atoms with Crippen molar-refractivity contribution in [1.82, 2.24) is 14.8 Å². The number of benzene rings is 2. The summed E-state index contributed by atoms with van der Waals surface area (Å²) in [5.41, 5.74) is 1.57. The van der Waals surface area contributed by atoms with Gasteiger partial charge in [0, 0.05) is 27.9 Å². The molecule has 3 nitrogen and oxygen atoms in total. The van der Waals surface area contributed by atoms with Crippen molar-refractivity contribution in [3.05, 3.63) is 63.3 Å². The van der Waals surface area contributed by atoms with Crippen LogP contribution in [0.25, 0.3) is 11.4 Å². The van der Waals surface area contributed by atoms with Crippen LogP contribution in [-0.4, -0.2) is 14.8 Å². The van der Waals surface area contributed by atoms with Gasteiger partial charge in [-0.2, -0.15) is 0 Å². The summed E-state index contributed by atoms with van der Waals surface area (Å²) in [7, 11) is 1.89. The maximum Gasteiger partial charge on any atom is 0.191 e. The number of thioether (sulfide) groups is 1. The second-order valence-electron chi connectivity index (χ2n) is 4.90. The summed E-state index contributed by atoms with van der Waals surface area (Å²) in [4.78, 5) is 0. The zero-order valence-electron chi connectivity index (χ0n) is 12.1. The molecule has 0 radical (unpaired) electrons. The first-order valence-electron chi connectivity index (χ1n) is 6.76. The summed E-state index contributed by atoms with van der Waals surface area (Å²) in [5, 5.41) is 9.81. The first kappa shape index (κ1) is 16.5. The molecule has 0 fully saturated rings. The second kappa shape index (κ2) is 7.03. The Labute approximate surface area is 151 Å². The summed E-state index contributed by atoms with van der Waals surface area (Å²) in [6.45, 7) is 0. The number of nitrogens with zero attached hydrogens (tertiary/aromatic N) is 3. The molecule has 0 saturated heterocycles. The molecule has 0 atom stereocenters. The molecule has 0 N–H and O–H groups in total. The topological polar surface area (TPSA) is 30.7 Å². The van der Waals surface area contributed by atoms with E-state index >= 15 is 0 Å². The fourth-order valence-electron chi connectivity index (χ4n) is 2.07. The van der Waals surface area contributed by atoms with Crippen LogP contribution in [0.5, 0.6) is 0 Å². The highest BCUT2D eigenvalue weighted by Gasteiger charge is 2.12. The molecular weight excluding hydrogens is 401 g/mol. The van der Waals surface area contributed by atoms with Crippen molar-refractivity contribution in [2.45, 2.75) is 10.9 Å². The van der Waals surface area contributed by atoms with Crippen LogP contribution in [0, 0.1) is 5.82 Å². The van der Waals surface area contributed by atoms with Gasteiger partial charge in [-0.1, -0.05) is 45.4 Å². The minimum atomic E-state index is -0.230. The van der Waals surface area contributed by atoms with Crippen molar-refractivity contribution in [2.75, 3.05) is 0 Å². The lowest BCUT2D eigenvalue weighted by Gasteiger charge is -2.05. The highest BCUT2D eigenvalue weighted by Crippen LogP contribution is 2.27. The fraction of sp³-hybridized carbons (Fsp3) is 0.125. The molecule has 0 aliphatic carbocycles. The smallest absolute Gasteiger partial charge is 0.191 e. The van der Waals surface area contributed by atoms with E-state index in [9.17, 15) is 4.39 Å². The average Bonchev–Trinajstić information content (AvgIpc) is 2.88. The number of hydrogen-bond acceptors (Lipinski definition) is 3. The minimum Gasteiger partial charge on any atom is -0.305 e. The SMILES string of the molecule is Cn1c(SCc2ccc(Br)cc2F)nnc1-c1ccc(Cl)cc1. The third-order valence-corrected chi connectivity index (χ3v) is 5.12. The first-order valence-corrected chi connectivity index (χ1v) is 8.92. The molecule has 1 heterocycles. The van der Waals surface area contributed by atoms with E-state index in [0.29, 0.717) is 16.3 Å². The van der Waals surface area contributed by atoms with Crippen molar-refractivity contribution in [3.63, 3.8) is 0 Å². The number of hydrogen-bond donors (Lipinski definition) is 0. The third kappa shape index (κ3) is 3.76. The van der Waals surface area contributed by atoms with Gasteiger partial charge in [-0.15, -0.1) is 10.2 Å². The van der Waals surface area contributed by atoms with Crippen LogP contribution >= 0.6 is 39.3 Å². The van der Waals surface area contributed by atoms with Gasteiger partial charge in [0.25, 0.3) is 0 Å². The van der Waals surface area contributed by atoms with Crippen molar-refractivity contribution >= 4 is 39.3 Å². The molecule has 0 saturated carbocycles. The minimum absolute atomic E-state index is 0.230. The predicted octanol–water partition coefficient (Wildman–Crippen LogP) is 5.33. The number of rotatable bonds is 4. The molecular formula is C16H12BrClFN3S. The molecule has 7 heteroatoms. The Bertz CT molecular complexity index is 836. The van der Waals surface area contributed by atoms with E-state index in [0.717, 1.165) is 21.0 Å². The Kier molecular flexibility index (Phi) is 5.04. The van der Waals surface area contributed by atoms with E-state index in [1.165, 1.54) is 17.8 Å². The summed E-state index contributed by atoms with van der Waals surface area (Å²) in [5.74, 6) is 1.01. The highest BCUT2D eigenvalue weighted by molar-refractivity contribution is 9.10. The quantitative estimate of drug-likeness (QED) is 0.543. The van der Waals surface area contributed by atoms with Gasteiger partial charge in [0.2, 0.25) is 0 Å². The van der Waals surface area contributed by atoms with Crippen LogP contribution in [0.3, 0.4) is 0 Å². The van der Waals surface area contributed by atoms with Gasteiger partial charge in [-0.05, 0) is 42.0 Å². The molecule has 2 aromatic carbocycles. The van der Waals surface area contributed by atoms with Crippen molar-refractivity contribution in [1.29, 1.82) is 0 Å². The normalized spacial score (nSPS) is 11.0. The monoisotopic (exact) mass is 411 g/mol. The Morgan fingerprint density at radius 1 is 1.17 bits per heavy atom. The maximum absolute atomic E-state index is 13.9. The standard InChI is InChI=1S/C16H12BrClFN3S/c1-22-15(10-3-6-13(18)7-4-10)20-21-16(22)23-9-11-2-5-12(17)8-14(11)19/h2-8H,9H2,1H3. The molecule has 0 spiro atoms. The summed E-state index contributed by atoms with van der Waals surface area (Å²) in [6.07, 6.45) is 0. The number of halogens is 3. The van der Waals surface area contributed by atoms with Gasteiger partial charge < -0.3 is 4.57 Å². The van der Waals surface area contributed by atoms with Crippen LogP contribution in [0.15, 0.2) is 52.1 Å². The third-order valence-electron chi connectivity index (χ3n) is 3.31. The van der Waals surface area contributed by atoms with Gasteiger partial charge >= 0.3 is 0 Å². The molecule has 0 aliphatic heterocycles. The molecule has 23 heavy (non-hydrogen) atoms. The number of aromatic nitrogens is 3. The zero-order valence-corrected chi connectivity index (χ0v) is 15.3. The maximum atomic E-state index is 13.9. The molecule has 0 aliphatic rings. The van der Waals surface area contributed by atoms with Crippen molar-refractivity contribution in [3.8, 4) is 11.4 Å². The molecule has 0 unspecified atom stereocenters. The predicted molar refractivity (Wildman–Crippen MR) is 95.1 cm³/mol. The molecule has 1 aromatic heterocycles. The summed E-state index contributed by atoms with van der Waals surface area (Å²) in [6, 6.07) is 12.5.